The lowest BCUT2D eigenvalue weighted by Gasteiger charge is -2.09. The second-order valence-electron chi connectivity index (χ2n) is 6.76. The normalized spacial score (nSPS) is 11.2. The van der Waals surface area contributed by atoms with E-state index in [-0.39, 0.29) is 5.91 Å². The van der Waals surface area contributed by atoms with Gasteiger partial charge in [0.05, 0.1) is 19.3 Å². The van der Waals surface area contributed by atoms with Crippen molar-refractivity contribution in [1.82, 2.24) is 15.3 Å². The van der Waals surface area contributed by atoms with Crippen LogP contribution in [0.1, 0.15) is 16.8 Å². The highest BCUT2D eigenvalue weighted by Gasteiger charge is 2.13. The standard InChI is InChI=1S/C25H21N3O2S/c1-30-22-9-7-18(8-10-22)15-23(19-5-3-2-4-6-19)24(29)27-16-21-17-31-25(28-21)20-11-13-26-14-12-20/h2-15,17H,16H2,1H3,(H,27,29)/b23-15+. The fraction of sp³-hybridized carbons (Fsp3) is 0.0800. The van der Waals surface area contributed by atoms with Gasteiger partial charge in [-0.1, -0.05) is 42.5 Å². The lowest BCUT2D eigenvalue weighted by Crippen LogP contribution is -2.24. The van der Waals surface area contributed by atoms with E-state index >= 15 is 0 Å². The SMILES string of the molecule is COc1ccc(/C=C(/C(=O)NCc2csc(-c3ccncc3)n2)c2ccccc2)cc1. The van der Waals surface area contributed by atoms with Gasteiger partial charge in [0.2, 0.25) is 0 Å². The summed E-state index contributed by atoms with van der Waals surface area (Å²) in [5, 5.41) is 5.87. The molecule has 1 N–H and O–H groups in total. The summed E-state index contributed by atoms with van der Waals surface area (Å²) >= 11 is 1.55. The van der Waals surface area contributed by atoms with Gasteiger partial charge in [-0.3, -0.25) is 9.78 Å². The Balaban J connectivity index is 1.52. The predicted octanol–water partition coefficient (Wildman–Crippen LogP) is 5.07. The zero-order valence-corrected chi connectivity index (χ0v) is 17.8. The van der Waals surface area contributed by atoms with Crippen LogP contribution >= 0.6 is 11.3 Å². The summed E-state index contributed by atoms with van der Waals surface area (Å²) in [4.78, 5) is 21.8. The topological polar surface area (TPSA) is 64.1 Å². The number of aromatic nitrogens is 2. The Morgan fingerprint density at radius 1 is 1.03 bits per heavy atom. The number of hydrogen-bond donors (Lipinski definition) is 1. The van der Waals surface area contributed by atoms with Crippen LogP contribution in [0, 0.1) is 0 Å². The molecular formula is C25H21N3O2S. The maximum absolute atomic E-state index is 13.1. The Bertz CT molecular complexity index is 1170. The van der Waals surface area contributed by atoms with E-state index in [1.807, 2.05) is 78.2 Å². The minimum absolute atomic E-state index is 0.152. The van der Waals surface area contributed by atoms with E-state index in [1.54, 1.807) is 30.8 Å². The lowest BCUT2D eigenvalue weighted by molar-refractivity contribution is -0.115. The van der Waals surface area contributed by atoms with Crippen molar-refractivity contribution in [3.63, 3.8) is 0 Å². The molecule has 31 heavy (non-hydrogen) atoms. The number of pyridine rings is 1. The fourth-order valence-corrected chi connectivity index (χ4v) is 3.87. The Kier molecular flexibility index (Phi) is 6.50. The fourth-order valence-electron chi connectivity index (χ4n) is 3.05. The third kappa shape index (κ3) is 5.24. The molecule has 0 aliphatic rings. The number of carbonyl (C=O) groups is 1. The van der Waals surface area contributed by atoms with E-state index in [1.165, 1.54) is 0 Å². The van der Waals surface area contributed by atoms with E-state index < -0.39 is 0 Å². The van der Waals surface area contributed by atoms with Crippen LogP contribution in [0.25, 0.3) is 22.2 Å². The minimum Gasteiger partial charge on any atom is -0.497 e. The summed E-state index contributed by atoms with van der Waals surface area (Å²) in [5.74, 6) is 0.622. The molecule has 4 aromatic rings. The third-order valence-corrected chi connectivity index (χ3v) is 5.61. The van der Waals surface area contributed by atoms with Gasteiger partial charge in [0, 0.05) is 28.9 Å². The zero-order valence-electron chi connectivity index (χ0n) is 17.0. The van der Waals surface area contributed by atoms with Crippen LogP contribution in [0.2, 0.25) is 0 Å². The van der Waals surface area contributed by atoms with Gasteiger partial charge in [0.15, 0.2) is 0 Å². The number of hydrogen-bond acceptors (Lipinski definition) is 5. The number of thiazole rings is 1. The average Bonchev–Trinajstić information content (AvgIpc) is 3.32. The van der Waals surface area contributed by atoms with Crippen molar-refractivity contribution in [3.05, 3.63) is 101 Å². The molecule has 2 heterocycles. The highest BCUT2D eigenvalue weighted by molar-refractivity contribution is 7.13. The van der Waals surface area contributed by atoms with Crippen molar-refractivity contribution in [3.8, 4) is 16.3 Å². The van der Waals surface area contributed by atoms with Crippen LogP contribution in [-0.2, 0) is 11.3 Å². The van der Waals surface area contributed by atoms with Gasteiger partial charge in [0.1, 0.15) is 10.8 Å². The molecule has 0 spiro atoms. The Morgan fingerprint density at radius 3 is 2.48 bits per heavy atom. The first kappa shape index (κ1) is 20.5. The molecule has 0 saturated heterocycles. The Labute approximate surface area is 185 Å². The molecule has 0 aliphatic carbocycles. The molecule has 4 rings (SSSR count). The van der Waals surface area contributed by atoms with Crippen LogP contribution in [0.4, 0.5) is 0 Å². The molecule has 0 unspecified atom stereocenters. The molecule has 6 heteroatoms. The molecule has 2 aromatic heterocycles. The summed E-state index contributed by atoms with van der Waals surface area (Å²) < 4.78 is 5.22. The Hall–Kier alpha value is -3.77. The zero-order chi connectivity index (χ0) is 21.5. The van der Waals surface area contributed by atoms with Crippen molar-refractivity contribution in [2.45, 2.75) is 6.54 Å². The number of amides is 1. The van der Waals surface area contributed by atoms with Crippen molar-refractivity contribution in [2.24, 2.45) is 0 Å². The Morgan fingerprint density at radius 2 is 1.77 bits per heavy atom. The van der Waals surface area contributed by atoms with Gasteiger partial charge >= 0.3 is 0 Å². The van der Waals surface area contributed by atoms with Crippen molar-refractivity contribution in [2.75, 3.05) is 7.11 Å². The van der Waals surface area contributed by atoms with E-state index in [0.717, 1.165) is 33.1 Å². The second kappa shape index (κ2) is 9.82. The summed E-state index contributed by atoms with van der Waals surface area (Å²) in [6.07, 6.45) is 5.37. The largest absolute Gasteiger partial charge is 0.497 e. The first-order valence-corrected chi connectivity index (χ1v) is 10.6. The molecule has 0 radical (unpaired) electrons. The number of nitrogens with zero attached hydrogens (tertiary/aromatic N) is 2. The van der Waals surface area contributed by atoms with Gasteiger partial charge < -0.3 is 10.1 Å². The molecular weight excluding hydrogens is 406 g/mol. The highest BCUT2D eigenvalue weighted by Crippen LogP contribution is 2.24. The monoisotopic (exact) mass is 427 g/mol. The molecule has 0 bridgehead atoms. The lowest BCUT2D eigenvalue weighted by atomic mass is 10.0. The van der Waals surface area contributed by atoms with Gasteiger partial charge in [-0.15, -0.1) is 11.3 Å². The summed E-state index contributed by atoms with van der Waals surface area (Å²) in [7, 11) is 1.63. The van der Waals surface area contributed by atoms with Gasteiger partial charge in [-0.05, 0) is 41.5 Å². The average molecular weight is 428 g/mol. The third-order valence-electron chi connectivity index (χ3n) is 4.67. The highest BCUT2D eigenvalue weighted by atomic mass is 32.1. The van der Waals surface area contributed by atoms with Crippen LogP contribution in [-0.4, -0.2) is 23.0 Å². The van der Waals surface area contributed by atoms with Gasteiger partial charge in [0.25, 0.3) is 5.91 Å². The van der Waals surface area contributed by atoms with Gasteiger partial charge in [-0.2, -0.15) is 0 Å². The van der Waals surface area contributed by atoms with E-state index in [0.29, 0.717) is 12.1 Å². The summed E-state index contributed by atoms with van der Waals surface area (Å²) in [5.41, 5.74) is 4.20. The van der Waals surface area contributed by atoms with Crippen molar-refractivity contribution < 1.29 is 9.53 Å². The van der Waals surface area contributed by atoms with Crippen LogP contribution in [0.15, 0.2) is 84.5 Å². The molecule has 2 aromatic carbocycles. The quantitative estimate of drug-likeness (QED) is 0.330. The van der Waals surface area contributed by atoms with Crippen molar-refractivity contribution in [1.29, 1.82) is 0 Å². The maximum Gasteiger partial charge on any atom is 0.252 e. The molecule has 0 aliphatic heterocycles. The number of benzene rings is 2. The molecule has 0 atom stereocenters. The van der Waals surface area contributed by atoms with Crippen molar-refractivity contribution >= 4 is 28.9 Å². The van der Waals surface area contributed by atoms with Crippen LogP contribution in [0.5, 0.6) is 5.75 Å². The summed E-state index contributed by atoms with van der Waals surface area (Å²) in [6, 6.07) is 21.1. The second-order valence-corrected chi connectivity index (χ2v) is 7.62. The number of rotatable bonds is 7. The molecule has 0 fully saturated rings. The van der Waals surface area contributed by atoms with Gasteiger partial charge in [-0.25, -0.2) is 4.98 Å². The number of ether oxygens (including phenoxy) is 1. The molecule has 154 valence electrons. The van der Waals surface area contributed by atoms with E-state index in [9.17, 15) is 4.79 Å². The predicted molar refractivity (Wildman–Crippen MR) is 124 cm³/mol. The first-order chi connectivity index (χ1) is 15.2. The van der Waals surface area contributed by atoms with E-state index in [2.05, 4.69) is 15.3 Å². The molecule has 0 saturated carbocycles. The number of methoxy groups -OCH3 is 1. The number of carbonyl (C=O) groups excluding carboxylic acids is 1. The molecule has 5 nitrogen and oxygen atoms in total. The summed E-state index contributed by atoms with van der Waals surface area (Å²) in [6.45, 7) is 0.354. The van der Waals surface area contributed by atoms with Crippen LogP contribution in [0.3, 0.4) is 0 Å². The minimum atomic E-state index is -0.152. The molecule has 1 amide bonds. The van der Waals surface area contributed by atoms with Crippen LogP contribution < -0.4 is 10.1 Å². The first-order valence-electron chi connectivity index (χ1n) is 9.77. The van der Waals surface area contributed by atoms with E-state index in [4.69, 9.17) is 4.74 Å². The maximum atomic E-state index is 13.1. The number of nitrogens with one attached hydrogen (secondary N) is 1. The smallest absolute Gasteiger partial charge is 0.252 e.